The molecule has 0 saturated heterocycles. The van der Waals surface area contributed by atoms with Crippen LogP contribution in [-0.2, 0) is 7.05 Å². The van der Waals surface area contributed by atoms with Gasteiger partial charge in [0.15, 0.2) is 0 Å². The average molecular weight is 464 g/mol. The lowest BCUT2D eigenvalue weighted by Gasteiger charge is -2.13. The van der Waals surface area contributed by atoms with Crippen molar-refractivity contribution in [2.75, 3.05) is 0 Å². The van der Waals surface area contributed by atoms with E-state index in [1.807, 2.05) is 31.3 Å². The van der Waals surface area contributed by atoms with E-state index in [1.54, 1.807) is 21.8 Å². The molecule has 0 saturated carbocycles. The maximum atomic E-state index is 12.4. The van der Waals surface area contributed by atoms with Crippen molar-refractivity contribution in [2.24, 2.45) is 7.05 Å². The van der Waals surface area contributed by atoms with E-state index in [4.69, 9.17) is 0 Å². The van der Waals surface area contributed by atoms with Crippen LogP contribution in [0.25, 0.3) is 28.2 Å². The quantitative estimate of drug-likeness (QED) is 0.427. The summed E-state index contributed by atoms with van der Waals surface area (Å²) < 4.78 is 45.3. The van der Waals surface area contributed by atoms with E-state index < -0.39 is 6.36 Å². The molecule has 0 unspecified atom stereocenters. The average Bonchev–Trinajstić information content (AvgIpc) is 3.30. The second-order valence-corrected chi connectivity index (χ2v) is 7.02. The second kappa shape index (κ2) is 7.36. The van der Waals surface area contributed by atoms with Gasteiger partial charge in [-0.1, -0.05) is 21.1 Å². The van der Waals surface area contributed by atoms with Gasteiger partial charge in [0.1, 0.15) is 5.75 Å². The van der Waals surface area contributed by atoms with Crippen molar-refractivity contribution in [3.8, 4) is 34.0 Å². The highest BCUT2D eigenvalue weighted by atomic mass is 79.9. The Morgan fingerprint density at radius 1 is 1.00 bits per heavy atom. The van der Waals surface area contributed by atoms with E-state index in [1.165, 1.54) is 24.3 Å². The smallest absolute Gasteiger partial charge is 0.406 e. The van der Waals surface area contributed by atoms with E-state index >= 15 is 0 Å². The Morgan fingerprint density at radius 2 is 1.76 bits per heavy atom. The van der Waals surface area contributed by atoms with Crippen molar-refractivity contribution in [1.82, 2.24) is 24.8 Å². The molecule has 0 amide bonds. The van der Waals surface area contributed by atoms with Crippen LogP contribution in [-0.4, -0.2) is 31.1 Å². The van der Waals surface area contributed by atoms with Crippen molar-refractivity contribution in [3.63, 3.8) is 0 Å². The van der Waals surface area contributed by atoms with E-state index in [0.29, 0.717) is 11.3 Å². The number of hydrogen-bond acceptors (Lipinski definition) is 4. The Morgan fingerprint density at radius 3 is 2.41 bits per heavy atom. The highest BCUT2D eigenvalue weighted by Crippen LogP contribution is 2.32. The molecule has 6 nitrogen and oxygen atoms in total. The molecule has 29 heavy (non-hydrogen) atoms. The molecule has 148 valence electrons. The highest BCUT2D eigenvalue weighted by Gasteiger charge is 2.31. The molecule has 2 heterocycles. The van der Waals surface area contributed by atoms with Gasteiger partial charge in [0.2, 0.25) is 0 Å². The van der Waals surface area contributed by atoms with E-state index in [9.17, 15) is 13.2 Å². The first kappa shape index (κ1) is 19.2. The number of aryl methyl sites for hydroxylation is 1. The van der Waals surface area contributed by atoms with Crippen LogP contribution in [0.1, 0.15) is 0 Å². The molecule has 10 heteroatoms. The molecule has 4 rings (SSSR count). The molecular formula is C19H13BrF3N5O. The highest BCUT2D eigenvalue weighted by molar-refractivity contribution is 9.10. The lowest BCUT2D eigenvalue weighted by Crippen LogP contribution is -2.16. The van der Waals surface area contributed by atoms with Gasteiger partial charge in [0.05, 0.1) is 23.3 Å². The van der Waals surface area contributed by atoms with Crippen LogP contribution in [0.3, 0.4) is 0 Å². The largest absolute Gasteiger partial charge is 0.573 e. The van der Waals surface area contributed by atoms with Crippen LogP contribution in [0.2, 0.25) is 0 Å². The standard InChI is InChI=1S/C19H13BrF3N5O/c1-27-16(8-9-25-27)15-7-4-13(20)10-17(15)28-18(11-24-26-28)12-2-5-14(6-3-12)29-19(21,22)23/h2-11H,1H3. The normalized spacial score (nSPS) is 11.6. The first-order chi connectivity index (χ1) is 13.8. The third-order valence-electron chi connectivity index (χ3n) is 4.22. The monoisotopic (exact) mass is 463 g/mol. The van der Waals surface area contributed by atoms with Crippen molar-refractivity contribution < 1.29 is 17.9 Å². The summed E-state index contributed by atoms with van der Waals surface area (Å²) in [4.78, 5) is 0. The van der Waals surface area contributed by atoms with Crippen molar-refractivity contribution in [2.45, 2.75) is 6.36 Å². The van der Waals surface area contributed by atoms with Gasteiger partial charge >= 0.3 is 6.36 Å². The van der Waals surface area contributed by atoms with Crippen LogP contribution in [0.4, 0.5) is 13.2 Å². The van der Waals surface area contributed by atoms with Gasteiger partial charge in [0.25, 0.3) is 0 Å². The van der Waals surface area contributed by atoms with Gasteiger partial charge in [0, 0.05) is 28.8 Å². The molecule has 0 atom stereocenters. The molecular weight excluding hydrogens is 451 g/mol. The number of hydrogen-bond donors (Lipinski definition) is 0. The Bertz CT molecular complexity index is 1150. The molecule has 4 aromatic rings. The lowest BCUT2D eigenvalue weighted by molar-refractivity contribution is -0.274. The summed E-state index contributed by atoms with van der Waals surface area (Å²) in [5, 5.41) is 12.4. The molecule has 0 fully saturated rings. The van der Waals surface area contributed by atoms with Crippen molar-refractivity contribution in [3.05, 3.63) is 65.4 Å². The van der Waals surface area contributed by atoms with Crippen LogP contribution >= 0.6 is 15.9 Å². The van der Waals surface area contributed by atoms with E-state index in [0.717, 1.165) is 21.4 Å². The first-order valence-corrected chi connectivity index (χ1v) is 9.16. The Hall–Kier alpha value is -3.14. The van der Waals surface area contributed by atoms with Crippen molar-refractivity contribution in [1.29, 1.82) is 0 Å². The Balaban J connectivity index is 1.78. The molecule has 0 aliphatic rings. The fourth-order valence-electron chi connectivity index (χ4n) is 2.97. The molecule has 2 aromatic heterocycles. The number of rotatable bonds is 4. The van der Waals surface area contributed by atoms with Crippen LogP contribution < -0.4 is 4.74 Å². The van der Waals surface area contributed by atoms with Gasteiger partial charge in [-0.25, -0.2) is 4.68 Å². The van der Waals surface area contributed by atoms with Gasteiger partial charge in [-0.3, -0.25) is 4.68 Å². The van der Waals surface area contributed by atoms with Crippen LogP contribution in [0.5, 0.6) is 5.75 Å². The SMILES string of the molecule is Cn1nccc1-c1ccc(Br)cc1-n1nncc1-c1ccc(OC(F)(F)F)cc1. The summed E-state index contributed by atoms with van der Waals surface area (Å²) in [6.45, 7) is 0. The summed E-state index contributed by atoms with van der Waals surface area (Å²) in [6, 6.07) is 13.2. The number of halogens is 4. The lowest BCUT2D eigenvalue weighted by atomic mass is 10.1. The third-order valence-corrected chi connectivity index (χ3v) is 4.71. The topological polar surface area (TPSA) is 57.8 Å². The molecule has 0 N–H and O–H groups in total. The predicted octanol–water partition coefficient (Wildman–Crippen LogP) is 5.00. The fraction of sp³-hybridized carbons (Fsp3) is 0.105. The predicted molar refractivity (Wildman–Crippen MR) is 103 cm³/mol. The molecule has 0 aliphatic carbocycles. The third kappa shape index (κ3) is 4.02. The summed E-state index contributed by atoms with van der Waals surface area (Å²) in [7, 11) is 1.84. The minimum absolute atomic E-state index is 0.293. The maximum Gasteiger partial charge on any atom is 0.573 e. The zero-order chi connectivity index (χ0) is 20.6. The zero-order valence-corrected chi connectivity index (χ0v) is 16.5. The Kier molecular flexibility index (Phi) is 4.87. The summed E-state index contributed by atoms with van der Waals surface area (Å²) in [6.07, 6.45) is -1.49. The minimum atomic E-state index is -4.74. The van der Waals surface area contributed by atoms with Crippen LogP contribution in [0, 0.1) is 0 Å². The van der Waals surface area contributed by atoms with Gasteiger partial charge in [-0.15, -0.1) is 18.3 Å². The summed E-state index contributed by atoms with van der Waals surface area (Å²) in [5.74, 6) is -0.293. The number of ether oxygens (including phenoxy) is 1. The first-order valence-electron chi connectivity index (χ1n) is 8.37. The van der Waals surface area contributed by atoms with Gasteiger partial charge in [-0.2, -0.15) is 5.10 Å². The molecule has 0 spiro atoms. The number of nitrogens with zero attached hydrogens (tertiary/aromatic N) is 5. The van der Waals surface area contributed by atoms with Gasteiger partial charge in [-0.05, 0) is 48.5 Å². The summed E-state index contributed by atoms with van der Waals surface area (Å²) >= 11 is 3.47. The Labute approximate surface area is 171 Å². The number of alkyl halides is 3. The number of benzene rings is 2. The van der Waals surface area contributed by atoms with Crippen molar-refractivity contribution >= 4 is 15.9 Å². The molecule has 0 bridgehead atoms. The minimum Gasteiger partial charge on any atom is -0.406 e. The van der Waals surface area contributed by atoms with Crippen LogP contribution in [0.15, 0.2) is 65.4 Å². The number of aromatic nitrogens is 5. The maximum absolute atomic E-state index is 12.4. The van der Waals surface area contributed by atoms with Gasteiger partial charge < -0.3 is 4.74 Å². The van der Waals surface area contributed by atoms with E-state index in [2.05, 4.69) is 36.1 Å². The molecule has 0 radical (unpaired) electrons. The molecule has 0 aliphatic heterocycles. The fourth-order valence-corrected chi connectivity index (χ4v) is 3.32. The zero-order valence-electron chi connectivity index (χ0n) is 14.9. The molecule has 2 aromatic carbocycles. The second-order valence-electron chi connectivity index (χ2n) is 6.10. The van der Waals surface area contributed by atoms with E-state index in [-0.39, 0.29) is 5.75 Å². The summed E-state index contributed by atoms with van der Waals surface area (Å²) in [5.41, 5.74) is 3.75.